The molecule has 1 N–H and O–H groups in total. The van der Waals surface area contributed by atoms with E-state index in [1.807, 2.05) is 42.5 Å². The molecule has 0 radical (unpaired) electrons. The number of benzene rings is 1. The maximum atomic E-state index is 11.9. The number of hydrogen-bond acceptors (Lipinski definition) is 2. The van der Waals surface area contributed by atoms with Gasteiger partial charge in [-0.3, -0.25) is 4.98 Å². The van der Waals surface area contributed by atoms with E-state index in [-0.39, 0.29) is 6.03 Å². The van der Waals surface area contributed by atoms with Crippen molar-refractivity contribution in [1.82, 2.24) is 15.2 Å². The van der Waals surface area contributed by atoms with Crippen LogP contribution >= 0.6 is 0 Å². The smallest absolute Gasteiger partial charge is 0.317 e. The molecule has 0 unspecified atom stereocenters. The Morgan fingerprint density at radius 1 is 1.11 bits per heavy atom. The van der Waals surface area contributed by atoms with Gasteiger partial charge in [0.1, 0.15) is 0 Å². The number of carbonyl (C=O) groups is 1. The van der Waals surface area contributed by atoms with Crippen LogP contribution in [-0.2, 0) is 13.1 Å². The summed E-state index contributed by atoms with van der Waals surface area (Å²) in [6, 6.07) is 13.6. The first-order valence-electron chi connectivity index (χ1n) is 6.17. The molecular weight excluding hydrogens is 238 g/mol. The minimum atomic E-state index is -0.0827. The molecule has 2 aromatic rings. The number of hydrogen-bond donors (Lipinski definition) is 1. The van der Waals surface area contributed by atoms with Crippen molar-refractivity contribution < 1.29 is 4.79 Å². The van der Waals surface area contributed by atoms with E-state index in [1.54, 1.807) is 24.3 Å². The van der Waals surface area contributed by atoms with Crippen LogP contribution in [0.4, 0.5) is 4.79 Å². The van der Waals surface area contributed by atoms with Gasteiger partial charge in [-0.1, -0.05) is 30.3 Å². The SMILES string of the molecule is CN(Cc1ccccc1)C(=O)NCc1ccncc1. The lowest BCUT2D eigenvalue weighted by Crippen LogP contribution is -2.36. The van der Waals surface area contributed by atoms with Gasteiger partial charge in [-0.15, -0.1) is 0 Å². The van der Waals surface area contributed by atoms with Gasteiger partial charge in [0, 0.05) is 32.5 Å². The maximum absolute atomic E-state index is 11.9. The van der Waals surface area contributed by atoms with Gasteiger partial charge in [0.05, 0.1) is 0 Å². The lowest BCUT2D eigenvalue weighted by molar-refractivity contribution is 0.206. The van der Waals surface area contributed by atoms with Gasteiger partial charge in [-0.05, 0) is 23.3 Å². The van der Waals surface area contributed by atoms with Crippen LogP contribution in [0.25, 0.3) is 0 Å². The topological polar surface area (TPSA) is 45.2 Å². The molecule has 2 amide bonds. The zero-order valence-electron chi connectivity index (χ0n) is 10.9. The van der Waals surface area contributed by atoms with Crippen LogP contribution in [0.5, 0.6) is 0 Å². The largest absolute Gasteiger partial charge is 0.334 e. The molecule has 0 saturated carbocycles. The molecule has 0 saturated heterocycles. The van der Waals surface area contributed by atoms with E-state index in [2.05, 4.69) is 10.3 Å². The Kier molecular flexibility index (Phi) is 4.50. The van der Waals surface area contributed by atoms with Crippen LogP contribution in [0.15, 0.2) is 54.9 Å². The van der Waals surface area contributed by atoms with Crippen molar-refractivity contribution >= 4 is 6.03 Å². The highest BCUT2D eigenvalue weighted by Crippen LogP contribution is 2.03. The second-order valence-corrected chi connectivity index (χ2v) is 4.36. The summed E-state index contributed by atoms with van der Waals surface area (Å²) in [6.45, 7) is 1.11. The zero-order chi connectivity index (χ0) is 13.5. The third kappa shape index (κ3) is 4.10. The quantitative estimate of drug-likeness (QED) is 0.912. The molecule has 4 nitrogen and oxygen atoms in total. The average Bonchev–Trinajstić information content (AvgIpc) is 2.47. The molecule has 0 aliphatic heterocycles. The van der Waals surface area contributed by atoms with Crippen molar-refractivity contribution in [2.24, 2.45) is 0 Å². The van der Waals surface area contributed by atoms with Gasteiger partial charge in [-0.25, -0.2) is 4.79 Å². The Balaban J connectivity index is 1.83. The highest BCUT2D eigenvalue weighted by molar-refractivity contribution is 5.73. The van der Waals surface area contributed by atoms with Crippen molar-refractivity contribution in [2.45, 2.75) is 13.1 Å². The summed E-state index contributed by atoms with van der Waals surface area (Å²) in [5.41, 5.74) is 2.15. The lowest BCUT2D eigenvalue weighted by Gasteiger charge is -2.18. The molecular formula is C15H17N3O. The molecule has 98 valence electrons. The monoisotopic (exact) mass is 255 g/mol. The molecule has 1 aromatic heterocycles. The van der Waals surface area contributed by atoms with E-state index in [9.17, 15) is 4.79 Å². The molecule has 0 spiro atoms. The van der Waals surface area contributed by atoms with E-state index >= 15 is 0 Å². The summed E-state index contributed by atoms with van der Waals surface area (Å²) < 4.78 is 0. The second-order valence-electron chi connectivity index (χ2n) is 4.36. The number of urea groups is 1. The summed E-state index contributed by atoms with van der Waals surface area (Å²) in [6.07, 6.45) is 3.43. The fraction of sp³-hybridized carbons (Fsp3) is 0.200. The summed E-state index contributed by atoms with van der Waals surface area (Å²) in [7, 11) is 1.79. The number of nitrogens with one attached hydrogen (secondary N) is 1. The summed E-state index contributed by atoms with van der Waals surface area (Å²) in [5, 5.41) is 2.88. The molecule has 0 atom stereocenters. The predicted octanol–water partition coefficient (Wildman–Crippen LogP) is 2.42. The molecule has 0 fully saturated rings. The third-order valence-corrected chi connectivity index (χ3v) is 2.80. The Morgan fingerprint density at radius 3 is 2.47 bits per heavy atom. The van der Waals surface area contributed by atoms with Crippen molar-refractivity contribution in [1.29, 1.82) is 0 Å². The van der Waals surface area contributed by atoms with E-state index in [0.717, 1.165) is 11.1 Å². The molecule has 19 heavy (non-hydrogen) atoms. The number of amides is 2. The minimum Gasteiger partial charge on any atom is -0.334 e. The fourth-order valence-electron chi connectivity index (χ4n) is 1.74. The third-order valence-electron chi connectivity index (χ3n) is 2.80. The molecule has 0 bridgehead atoms. The zero-order valence-corrected chi connectivity index (χ0v) is 10.9. The first-order chi connectivity index (χ1) is 9.25. The second kappa shape index (κ2) is 6.54. The Bertz CT molecular complexity index is 513. The minimum absolute atomic E-state index is 0.0827. The van der Waals surface area contributed by atoms with E-state index in [4.69, 9.17) is 0 Å². The van der Waals surface area contributed by atoms with Crippen molar-refractivity contribution in [3.05, 3.63) is 66.0 Å². The van der Waals surface area contributed by atoms with Crippen LogP contribution in [0, 0.1) is 0 Å². The van der Waals surface area contributed by atoms with Crippen molar-refractivity contribution in [2.75, 3.05) is 7.05 Å². The normalized spacial score (nSPS) is 9.95. The maximum Gasteiger partial charge on any atom is 0.317 e. The van der Waals surface area contributed by atoms with Crippen molar-refractivity contribution in [3.63, 3.8) is 0 Å². The Hall–Kier alpha value is -2.36. The first kappa shape index (κ1) is 13.1. The molecule has 1 aromatic carbocycles. The number of aromatic nitrogens is 1. The van der Waals surface area contributed by atoms with Gasteiger partial charge < -0.3 is 10.2 Å². The number of rotatable bonds is 4. The van der Waals surface area contributed by atoms with Crippen LogP contribution in [-0.4, -0.2) is 23.0 Å². The van der Waals surface area contributed by atoms with E-state index in [0.29, 0.717) is 13.1 Å². The number of carbonyl (C=O) groups excluding carboxylic acids is 1. The fourth-order valence-corrected chi connectivity index (χ4v) is 1.74. The molecule has 1 heterocycles. The van der Waals surface area contributed by atoms with Gasteiger partial charge in [0.15, 0.2) is 0 Å². The van der Waals surface area contributed by atoms with Crippen molar-refractivity contribution in [3.8, 4) is 0 Å². The average molecular weight is 255 g/mol. The van der Waals surface area contributed by atoms with Gasteiger partial charge in [-0.2, -0.15) is 0 Å². The lowest BCUT2D eigenvalue weighted by atomic mass is 10.2. The Morgan fingerprint density at radius 2 is 1.79 bits per heavy atom. The van der Waals surface area contributed by atoms with E-state index in [1.165, 1.54) is 0 Å². The van der Waals surface area contributed by atoms with Gasteiger partial charge >= 0.3 is 6.03 Å². The Labute approximate surface area is 113 Å². The van der Waals surface area contributed by atoms with Crippen LogP contribution in [0.3, 0.4) is 0 Å². The van der Waals surface area contributed by atoms with Crippen LogP contribution in [0.1, 0.15) is 11.1 Å². The predicted molar refractivity (Wildman–Crippen MR) is 74.4 cm³/mol. The first-order valence-corrected chi connectivity index (χ1v) is 6.17. The van der Waals surface area contributed by atoms with E-state index < -0.39 is 0 Å². The van der Waals surface area contributed by atoms with Gasteiger partial charge in [0.2, 0.25) is 0 Å². The molecule has 2 rings (SSSR count). The van der Waals surface area contributed by atoms with Gasteiger partial charge in [0.25, 0.3) is 0 Å². The standard InChI is InChI=1S/C15H17N3O/c1-18(12-14-5-3-2-4-6-14)15(19)17-11-13-7-9-16-10-8-13/h2-10H,11-12H2,1H3,(H,17,19). The number of nitrogens with zero attached hydrogens (tertiary/aromatic N) is 2. The van der Waals surface area contributed by atoms with Crippen LogP contribution < -0.4 is 5.32 Å². The summed E-state index contributed by atoms with van der Waals surface area (Å²) in [4.78, 5) is 17.5. The summed E-state index contributed by atoms with van der Waals surface area (Å²) >= 11 is 0. The molecule has 0 aliphatic rings. The molecule has 0 aliphatic carbocycles. The summed E-state index contributed by atoms with van der Waals surface area (Å²) in [5.74, 6) is 0. The highest BCUT2D eigenvalue weighted by atomic mass is 16.2. The highest BCUT2D eigenvalue weighted by Gasteiger charge is 2.08. The number of pyridine rings is 1. The van der Waals surface area contributed by atoms with Crippen LogP contribution in [0.2, 0.25) is 0 Å². The molecule has 4 heteroatoms.